The van der Waals surface area contributed by atoms with Crippen LogP contribution in [0.2, 0.25) is 0 Å². The van der Waals surface area contributed by atoms with Gasteiger partial charge in [-0.15, -0.1) is 0 Å². The van der Waals surface area contributed by atoms with Crippen LogP contribution >= 0.6 is 0 Å². The molecule has 0 radical (unpaired) electrons. The monoisotopic (exact) mass is 216 g/mol. The fourth-order valence-corrected chi connectivity index (χ4v) is 1.72. The standard InChI is InChI=1S/C14H16O2/c1-11-7-10-14(16-11)13(15)9-8-12-5-3-2-4-6-12/h2-7,10,13,15H,8-9H2,1H3. The first-order chi connectivity index (χ1) is 7.75. The number of aryl methyl sites for hydroxylation is 2. The van der Waals surface area contributed by atoms with Crippen LogP contribution in [0.4, 0.5) is 0 Å². The molecule has 16 heavy (non-hydrogen) atoms. The van der Waals surface area contributed by atoms with Gasteiger partial charge in [-0.2, -0.15) is 0 Å². The predicted octanol–water partition coefficient (Wildman–Crippen LogP) is 3.25. The van der Waals surface area contributed by atoms with E-state index in [4.69, 9.17) is 4.42 Å². The van der Waals surface area contributed by atoms with Gasteiger partial charge in [0.2, 0.25) is 0 Å². The van der Waals surface area contributed by atoms with Crippen LogP contribution in [0.1, 0.15) is 29.6 Å². The van der Waals surface area contributed by atoms with Gasteiger partial charge in [0, 0.05) is 0 Å². The van der Waals surface area contributed by atoms with Crippen LogP contribution in [-0.2, 0) is 6.42 Å². The molecule has 0 saturated carbocycles. The smallest absolute Gasteiger partial charge is 0.132 e. The van der Waals surface area contributed by atoms with Gasteiger partial charge in [0.1, 0.15) is 17.6 Å². The highest BCUT2D eigenvalue weighted by atomic mass is 16.4. The van der Waals surface area contributed by atoms with E-state index < -0.39 is 6.10 Å². The molecule has 0 aliphatic carbocycles. The number of aliphatic hydroxyl groups excluding tert-OH is 1. The number of furan rings is 1. The van der Waals surface area contributed by atoms with E-state index in [9.17, 15) is 5.11 Å². The van der Waals surface area contributed by atoms with Crippen molar-refractivity contribution in [3.8, 4) is 0 Å². The molecule has 0 amide bonds. The minimum atomic E-state index is -0.506. The largest absolute Gasteiger partial charge is 0.464 e. The molecular formula is C14H16O2. The van der Waals surface area contributed by atoms with Crippen LogP contribution < -0.4 is 0 Å². The summed E-state index contributed by atoms with van der Waals surface area (Å²) >= 11 is 0. The van der Waals surface area contributed by atoms with E-state index in [0.29, 0.717) is 12.2 Å². The molecule has 2 rings (SSSR count). The number of aliphatic hydroxyl groups is 1. The first-order valence-corrected chi connectivity index (χ1v) is 5.54. The molecule has 0 saturated heterocycles. The van der Waals surface area contributed by atoms with Crippen molar-refractivity contribution in [3.05, 3.63) is 59.5 Å². The van der Waals surface area contributed by atoms with E-state index in [1.54, 1.807) is 0 Å². The molecule has 84 valence electrons. The van der Waals surface area contributed by atoms with Gasteiger partial charge in [-0.05, 0) is 37.5 Å². The molecule has 1 aromatic heterocycles. The first-order valence-electron chi connectivity index (χ1n) is 5.54. The van der Waals surface area contributed by atoms with Crippen molar-refractivity contribution in [2.45, 2.75) is 25.9 Å². The van der Waals surface area contributed by atoms with E-state index in [2.05, 4.69) is 12.1 Å². The van der Waals surface area contributed by atoms with Gasteiger partial charge in [-0.1, -0.05) is 30.3 Å². The molecule has 1 aromatic carbocycles. The van der Waals surface area contributed by atoms with Crippen LogP contribution in [0.3, 0.4) is 0 Å². The molecule has 0 spiro atoms. The highest BCUT2D eigenvalue weighted by molar-refractivity contribution is 5.15. The van der Waals surface area contributed by atoms with Gasteiger partial charge in [-0.25, -0.2) is 0 Å². The fourth-order valence-electron chi connectivity index (χ4n) is 1.72. The van der Waals surface area contributed by atoms with Gasteiger partial charge in [-0.3, -0.25) is 0 Å². The van der Waals surface area contributed by atoms with Crippen molar-refractivity contribution in [2.24, 2.45) is 0 Å². The van der Waals surface area contributed by atoms with E-state index >= 15 is 0 Å². The lowest BCUT2D eigenvalue weighted by molar-refractivity contribution is 0.139. The topological polar surface area (TPSA) is 33.4 Å². The van der Waals surface area contributed by atoms with Crippen molar-refractivity contribution in [1.82, 2.24) is 0 Å². The summed E-state index contributed by atoms with van der Waals surface area (Å²) < 4.78 is 5.38. The molecule has 0 fully saturated rings. The Kier molecular flexibility index (Phi) is 3.42. The minimum Gasteiger partial charge on any atom is -0.464 e. The van der Waals surface area contributed by atoms with E-state index in [-0.39, 0.29) is 0 Å². The lowest BCUT2D eigenvalue weighted by Crippen LogP contribution is -1.98. The minimum absolute atomic E-state index is 0.506. The lowest BCUT2D eigenvalue weighted by Gasteiger charge is -2.07. The third kappa shape index (κ3) is 2.74. The lowest BCUT2D eigenvalue weighted by atomic mass is 10.1. The van der Waals surface area contributed by atoms with Crippen molar-refractivity contribution >= 4 is 0 Å². The summed E-state index contributed by atoms with van der Waals surface area (Å²) in [6.07, 6.45) is 1.05. The summed E-state index contributed by atoms with van der Waals surface area (Å²) in [5.74, 6) is 1.50. The zero-order chi connectivity index (χ0) is 11.4. The molecule has 0 aliphatic heterocycles. The van der Waals surface area contributed by atoms with Gasteiger partial charge >= 0.3 is 0 Å². The zero-order valence-electron chi connectivity index (χ0n) is 9.39. The molecule has 2 heteroatoms. The molecule has 0 aliphatic rings. The van der Waals surface area contributed by atoms with Crippen LogP contribution in [0.25, 0.3) is 0 Å². The zero-order valence-corrected chi connectivity index (χ0v) is 9.39. The van der Waals surface area contributed by atoms with Gasteiger partial charge < -0.3 is 9.52 Å². The van der Waals surface area contributed by atoms with Gasteiger partial charge in [0.25, 0.3) is 0 Å². The van der Waals surface area contributed by atoms with Gasteiger partial charge in [0.15, 0.2) is 0 Å². The quantitative estimate of drug-likeness (QED) is 0.851. The summed E-state index contributed by atoms with van der Waals surface area (Å²) in [6.45, 7) is 1.88. The fraction of sp³-hybridized carbons (Fsp3) is 0.286. The Morgan fingerprint density at radius 3 is 2.50 bits per heavy atom. The number of hydrogen-bond acceptors (Lipinski definition) is 2. The van der Waals surface area contributed by atoms with Crippen molar-refractivity contribution in [1.29, 1.82) is 0 Å². The van der Waals surface area contributed by atoms with Crippen LogP contribution in [-0.4, -0.2) is 5.11 Å². The Balaban J connectivity index is 1.91. The third-order valence-corrected chi connectivity index (χ3v) is 2.64. The molecular weight excluding hydrogens is 200 g/mol. The summed E-state index contributed by atoms with van der Waals surface area (Å²) in [4.78, 5) is 0. The summed E-state index contributed by atoms with van der Waals surface area (Å²) in [5.41, 5.74) is 1.24. The van der Waals surface area contributed by atoms with E-state index in [1.165, 1.54) is 5.56 Å². The molecule has 1 unspecified atom stereocenters. The van der Waals surface area contributed by atoms with E-state index in [0.717, 1.165) is 12.2 Å². The Labute approximate surface area is 95.5 Å². The number of rotatable bonds is 4. The van der Waals surface area contributed by atoms with Crippen LogP contribution in [0, 0.1) is 6.92 Å². The third-order valence-electron chi connectivity index (χ3n) is 2.64. The highest BCUT2D eigenvalue weighted by Crippen LogP contribution is 2.20. The predicted molar refractivity (Wildman–Crippen MR) is 63.2 cm³/mol. The molecule has 0 bridgehead atoms. The first kappa shape index (κ1) is 11.0. The van der Waals surface area contributed by atoms with Crippen molar-refractivity contribution in [2.75, 3.05) is 0 Å². The maximum Gasteiger partial charge on any atom is 0.132 e. The maximum atomic E-state index is 9.90. The van der Waals surface area contributed by atoms with Gasteiger partial charge in [0.05, 0.1) is 0 Å². The highest BCUT2D eigenvalue weighted by Gasteiger charge is 2.11. The average Bonchev–Trinajstić information content (AvgIpc) is 2.74. The van der Waals surface area contributed by atoms with E-state index in [1.807, 2.05) is 37.3 Å². The second kappa shape index (κ2) is 4.99. The molecule has 1 atom stereocenters. The van der Waals surface area contributed by atoms with Crippen molar-refractivity contribution in [3.63, 3.8) is 0 Å². The Morgan fingerprint density at radius 2 is 1.88 bits per heavy atom. The Morgan fingerprint density at radius 1 is 1.12 bits per heavy atom. The number of hydrogen-bond donors (Lipinski definition) is 1. The Hall–Kier alpha value is -1.54. The molecule has 2 nitrogen and oxygen atoms in total. The second-order valence-corrected chi connectivity index (χ2v) is 3.99. The maximum absolute atomic E-state index is 9.90. The van der Waals surface area contributed by atoms with Crippen molar-refractivity contribution < 1.29 is 9.52 Å². The molecule has 1 N–H and O–H groups in total. The summed E-state index contributed by atoms with van der Waals surface area (Å²) in [7, 11) is 0. The van der Waals surface area contributed by atoms with Crippen LogP contribution in [0.15, 0.2) is 46.9 Å². The molecule has 1 heterocycles. The SMILES string of the molecule is Cc1ccc(C(O)CCc2ccccc2)o1. The average molecular weight is 216 g/mol. The second-order valence-electron chi connectivity index (χ2n) is 3.99. The summed E-state index contributed by atoms with van der Waals surface area (Å²) in [5, 5.41) is 9.90. The number of benzene rings is 1. The summed E-state index contributed by atoms with van der Waals surface area (Å²) in [6, 6.07) is 13.9. The van der Waals surface area contributed by atoms with Crippen LogP contribution in [0.5, 0.6) is 0 Å². The normalized spacial score (nSPS) is 12.6. The Bertz CT molecular complexity index is 431. The molecule has 2 aromatic rings.